The van der Waals surface area contributed by atoms with Crippen LogP contribution in [0.3, 0.4) is 0 Å². The van der Waals surface area contributed by atoms with E-state index in [0.29, 0.717) is 39.8 Å². The zero-order chi connectivity index (χ0) is 21.8. The molecule has 0 saturated carbocycles. The van der Waals surface area contributed by atoms with Gasteiger partial charge in [-0.2, -0.15) is 5.10 Å². The maximum atomic E-state index is 13.1. The number of ether oxygens (including phenoxy) is 1. The molecular weight excluding hydrogens is 420 g/mol. The number of esters is 1. The van der Waals surface area contributed by atoms with E-state index in [4.69, 9.17) is 16.3 Å². The summed E-state index contributed by atoms with van der Waals surface area (Å²) in [6, 6.07) is 12.1. The van der Waals surface area contributed by atoms with Gasteiger partial charge in [-0.15, -0.1) is 0 Å². The molecule has 0 bridgehead atoms. The van der Waals surface area contributed by atoms with Gasteiger partial charge in [-0.25, -0.2) is 9.48 Å². The first-order valence-corrected chi connectivity index (χ1v) is 9.95. The van der Waals surface area contributed by atoms with Crippen LogP contribution in [0.2, 0.25) is 5.02 Å². The molecule has 0 radical (unpaired) electrons. The van der Waals surface area contributed by atoms with Gasteiger partial charge in [0.1, 0.15) is 11.2 Å². The van der Waals surface area contributed by atoms with E-state index < -0.39 is 11.4 Å². The maximum Gasteiger partial charge on any atom is 0.337 e. The molecule has 0 fully saturated rings. The van der Waals surface area contributed by atoms with Crippen molar-refractivity contribution in [3.63, 3.8) is 0 Å². The Morgan fingerprint density at radius 1 is 1.16 bits per heavy atom. The molecule has 2 amide bonds. The summed E-state index contributed by atoms with van der Waals surface area (Å²) in [5, 5.41) is 10.7. The fourth-order valence-electron chi connectivity index (χ4n) is 4.27. The van der Waals surface area contributed by atoms with Crippen molar-refractivity contribution >= 4 is 40.9 Å². The number of benzene rings is 2. The van der Waals surface area contributed by atoms with Crippen molar-refractivity contribution in [2.24, 2.45) is 0 Å². The number of anilines is 2. The van der Waals surface area contributed by atoms with Gasteiger partial charge in [-0.05, 0) is 41.5 Å². The molecule has 2 aliphatic heterocycles. The summed E-state index contributed by atoms with van der Waals surface area (Å²) in [6.07, 6.45) is 1.59. The van der Waals surface area contributed by atoms with E-state index in [1.54, 1.807) is 53.3 Å². The Morgan fingerprint density at radius 3 is 2.68 bits per heavy atom. The largest absolute Gasteiger partial charge is 0.465 e. The molecule has 0 aliphatic carbocycles. The van der Waals surface area contributed by atoms with Crippen LogP contribution in [-0.2, 0) is 26.3 Å². The highest BCUT2D eigenvalue weighted by atomic mass is 35.5. The van der Waals surface area contributed by atoms with Crippen molar-refractivity contribution in [2.75, 3.05) is 17.7 Å². The summed E-state index contributed by atoms with van der Waals surface area (Å²) >= 11 is 6.20. The molecule has 3 aromatic rings. The molecule has 9 heteroatoms. The monoisotopic (exact) mass is 436 g/mol. The van der Waals surface area contributed by atoms with Gasteiger partial charge in [0, 0.05) is 22.7 Å². The van der Waals surface area contributed by atoms with Crippen LogP contribution in [0.4, 0.5) is 11.5 Å². The maximum absolute atomic E-state index is 13.1. The van der Waals surface area contributed by atoms with Crippen LogP contribution in [0.5, 0.6) is 0 Å². The van der Waals surface area contributed by atoms with Crippen LogP contribution in [0.1, 0.15) is 33.5 Å². The second-order valence-corrected chi connectivity index (χ2v) is 7.96. The number of nitrogens with zero attached hydrogens (tertiary/aromatic N) is 2. The number of halogens is 1. The number of hydrogen-bond acceptors (Lipinski definition) is 5. The first-order valence-electron chi connectivity index (χ1n) is 9.57. The predicted molar refractivity (Wildman–Crippen MR) is 113 cm³/mol. The molecule has 1 atom stereocenters. The third-order valence-electron chi connectivity index (χ3n) is 5.77. The van der Waals surface area contributed by atoms with Crippen molar-refractivity contribution in [1.82, 2.24) is 9.78 Å². The Balaban J connectivity index is 1.56. The number of carbonyl (C=O) groups is 3. The van der Waals surface area contributed by atoms with Crippen molar-refractivity contribution in [3.05, 3.63) is 75.9 Å². The Bertz CT molecular complexity index is 1250. The Labute approximate surface area is 182 Å². The lowest BCUT2D eigenvalue weighted by Gasteiger charge is -2.31. The molecule has 3 heterocycles. The lowest BCUT2D eigenvalue weighted by molar-refractivity contribution is -0.125. The zero-order valence-electron chi connectivity index (χ0n) is 16.4. The summed E-state index contributed by atoms with van der Waals surface area (Å²) < 4.78 is 6.35. The van der Waals surface area contributed by atoms with E-state index in [9.17, 15) is 14.4 Å². The van der Waals surface area contributed by atoms with E-state index in [1.165, 1.54) is 7.11 Å². The van der Waals surface area contributed by atoms with Crippen LogP contribution in [0.15, 0.2) is 48.7 Å². The average molecular weight is 437 g/mol. The minimum absolute atomic E-state index is 0.0291. The highest BCUT2D eigenvalue weighted by molar-refractivity contribution is 6.31. The van der Waals surface area contributed by atoms with Gasteiger partial charge in [0.2, 0.25) is 11.8 Å². The Morgan fingerprint density at radius 2 is 1.94 bits per heavy atom. The van der Waals surface area contributed by atoms with Crippen molar-refractivity contribution in [2.45, 2.75) is 18.4 Å². The molecule has 1 unspecified atom stereocenters. The second-order valence-electron chi connectivity index (χ2n) is 7.53. The lowest BCUT2D eigenvalue weighted by atomic mass is 9.72. The van der Waals surface area contributed by atoms with Gasteiger partial charge in [0.25, 0.3) is 0 Å². The van der Waals surface area contributed by atoms with Crippen LogP contribution >= 0.6 is 11.6 Å². The lowest BCUT2D eigenvalue weighted by Crippen LogP contribution is -2.43. The molecule has 2 N–H and O–H groups in total. The van der Waals surface area contributed by atoms with Gasteiger partial charge in [-0.3, -0.25) is 9.59 Å². The van der Waals surface area contributed by atoms with Gasteiger partial charge in [-0.1, -0.05) is 23.7 Å². The molecule has 1 aromatic heterocycles. The fraction of sp³-hybridized carbons (Fsp3) is 0.182. The summed E-state index contributed by atoms with van der Waals surface area (Å²) in [5.41, 5.74) is 2.06. The van der Waals surface area contributed by atoms with Gasteiger partial charge in [0.05, 0.1) is 25.4 Å². The number of aromatic nitrogens is 2. The summed E-state index contributed by atoms with van der Waals surface area (Å²) in [4.78, 5) is 37.4. The number of hydrogen-bond donors (Lipinski definition) is 2. The van der Waals surface area contributed by atoms with E-state index in [1.807, 2.05) is 0 Å². The van der Waals surface area contributed by atoms with Crippen LogP contribution < -0.4 is 10.6 Å². The highest BCUT2D eigenvalue weighted by Gasteiger charge is 2.54. The number of carbonyl (C=O) groups excluding carboxylic acids is 3. The third-order valence-corrected chi connectivity index (χ3v) is 6.00. The van der Waals surface area contributed by atoms with E-state index in [0.717, 1.165) is 5.56 Å². The second kappa shape index (κ2) is 6.95. The molecular formula is C22H17ClN4O4. The van der Waals surface area contributed by atoms with Crippen molar-refractivity contribution in [1.29, 1.82) is 0 Å². The molecule has 31 heavy (non-hydrogen) atoms. The average Bonchev–Trinajstić information content (AvgIpc) is 3.27. The van der Waals surface area contributed by atoms with Gasteiger partial charge >= 0.3 is 5.97 Å². The molecule has 8 nitrogen and oxygen atoms in total. The van der Waals surface area contributed by atoms with Crippen molar-refractivity contribution in [3.8, 4) is 0 Å². The molecule has 1 spiro atoms. The number of nitrogens with one attached hydrogen (secondary N) is 2. The van der Waals surface area contributed by atoms with E-state index >= 15 is 0 Å². The van der Waals surface area contributed by atoms with Gasteiger partial charge in [0.15, 0.2) is 0 Å². The van der Waals surface area contributed by atoms with Crippen LogP contribution in [0.25, 0.3) is 0 Å². The van der Waals surface area contributed by atoms with Crippen molar-refractivity contribution < 1.29 is 19.1 Å². The molecule has 2 aliphatic rings. The predicted octanol–water partition coefficient (Wildman–Crippen LogP) is 2.95. The minimum atomic E-state index is -1.18. The Hall–Kier alpha value is -3.65. The molecule has 5 rings (SSSR count). The standard InChI is InChI=1S/C22H17ClN4O4/c1-31-20(29)13-4-2-12(3-5-13)11-27-19-16(10-24-27)22(9-18(28)26-19)15-8-14(23)6-7-17(15)25-21(22)30/h2-8,10H,9,11H2,1H3,(H,25,30)(H,26,28). The molecule has 0 saturated heterocycles. The SMILES string of the molecule is COC(=O)c1ccc(Cn2ncc3c2NC(=O)CC32C(=O)Nc3ccc(Cl)cc32)cc1. The topological polar surface area (TPSA) is 102 Å². The molecule has 2 aromatic carbocycles. The fourth-order valence-corrected chi connectivity index (χ4v) is 4.44. The first-order chi connectivity index (χ1) is 14.9. The number of fused-ring (bicyclic) bond motifs is 4. The number of amides is 2. The van der Waals surface area contributed by atoms with Crippen LogP contribution in [-0.4, -0.2) is 34.7 Å². The zero-order valence-corrected chi connectivity index (χ0v) is 17.2. The Kier molecular flexibility index (Phi) is 4.33. The van der Waals surface area contributed by atoms with E-state index in [2.05, 4.69) is 15.7 Å². The minimum Gasteiger partial charge on any atom is -0.465 e. The quantitative estimate of drug-likeness (QED) is 0.614. The summed E-state index contributed by atoms with van der Waals surface area (Å²) in [5.74, 6) is -0.501. The van der Waals surface area contributed by atoms with Gasteiger partial charge < -0.3 is 15.4 Å². The smallest absolute Gasteiger partial charge is 0.337 e. The number of methoxy groups -OCH3 is 1. The number of rotatable bonds is 3. The summed E-state index contributed by atoms with van der Waals surface area (Å²) in [6.45, 7) is 0.344. The van der Waals surface area contributed by atoms with Crippen LogP contribution in [0, 0.1) is 0 Å². The highest BCUT2D eigenvalue weighted by Crippen LogP contribution is 2.50. The normalized spacial score (nSPS) is 18.9. The summed E-state index contributed by atoms with van der Waals surface area (Å²) in [7, 11) is 1.33. The van der Waals surface area contributed by atoms with E-state index in [-0.39, 0.29) is 18.2 Å². The first kappa shape index (κ1) is 19.3. The third kappa shape index (κ3) is 2.90. The molecule has 156 valence electrons.